The van der Waals surface area contributed by atoms with Crippen molar-refractivity contribution in [1.29, 1.82) is 0 Å². The number of nitrogens with zero attached hydrogens (tertiary/aromatic N) is 3. The van der Waals surface area contributed by atoms with E-state index in [9.17, 15) is 27.2 Å². The number of urea groups is 1. The number of hydrogen-bond donors (Lipinski definition) is 1. The Hall–Kier alpha value is -2.40. The number of likely N-dealkylation sites (N-methyl/N-ethyl adjacent to an activating group) is 1. The second kappa shape index (κ2) is 6.48. The minimum atomic E-state index is -4.05. The van der Waals surface area contributed by atoms with Crippen LogP contribution in [-0.2, 0) is 14.8 Å². The van der Waals surface area contributed by atoms with E-state index >= 15 is 0 Å². The van der Waals surface area contributed by atoms with E-state index in [0.717, 1.165) is 23.3 Å². The van der Waals surface area contributed by atoms with Gasteiger partial charge in [0.2, 0.25) is 10.0 Å². The number of sulfonamides is 1. The lowest BCUT2D eigenvalue weighted by Gasteiger charge is -2.24. The molecule has 0 radical (unpaired) electrons. The molecule has 1 aliphatic rings. The molecule has 2 rings (SSSR count). The lowest BCUT2D eigenvalue weighted by Crippen LogP contribution is -2.48. The molecule has 25 heavy (non-hydrogen) atoms. The standard InChI is InChI=1S/C13H13ClFN3O6S/c1-16(7-3-4-9(15)8(14)5-7)11(19)10-6-17(25(2,23)24)12(20)18(10)13(21)22/h3-5,10H,6H2,1-2H3,(H,21,22)/t10-/m0/s1. The van der Waals surface area contributed by atoms with Gasteiger partial charge in [-0.05, 0) is 18.2 Å². The Morgan fingerprint density at radius 2 is 2.00 bits per heavy atom. The summed E-state index contributed by atoms with van der Waals surface area (Å²) in [6.45, 7) is -0.651. The van der Waals surface area contributed by atoms with Gasteiger partial charge in [0.1, 0.15) is 11.9 Å². The van der Waals surface area contributed by atoms with Crippen LogP contribution < -0.4 is 4.90 Å². The average molecular weight is 394 g/mol. The SMILES string of the molecule is CN(C(=O)[C@@H]1CN(S(C)(=O)=O)C(=O)N1C(=O)O)c1ccc(F)c(Cl)c1. The van der Waals surface area contributed by atoms with E-state index in [0.29, 0.717) is 4.31 Å². The third-order valence-corrected chi connectivity index (χ3v) is 4.98. The highest BCUT2D eigenvalue weighted by Crippen LogP contribution is 2.25. The van der Waals surface area contributed by atoms with E-state index in [4.69, 9.17) is 16.7 Å². The number of anilines is 1. The minimum Gasteiger partial charge on any atom is -0.465 e. The van der Waals surface area contributed by atoms with E-state index < -0.39 is 46.5 Å². The molecule has 136 valence electrons. The maximum atomic E-state index is 13.2. The molecule has 0 bridgehead atoms. The Kier molecular flexibility index (Phi) is 4.91. The second-order valence-electron chi connectivity index (χ2n) is 5.24. The topological polar surface area (TPSA) is 115 Å². The maximum Gasteiger partial charge on any atom is 0.416 e. The van der Waals surface area contributed by atoms with Crippen LogP contribution >= 0.6 is 11.6 Å². The Bertz CT molecular complexity index is 861. The zero-order valence-electron chi connectivity index (χ0n) is 13.0. The molecule has 0 aromatic heterocycles. The molecular weight excluding hydrogens is 381 g/mol. The number of carboxylic acid groups (broad SMARTS) is 1. The maximum absolute atomic E-state index is 13.2. The molecule has 1 atom stereocenters. The first-order valence-corrected chi connectivity index (χ1v) is 8.94. The van der Waals surface area contributed by atoms with Crippen molar-refractivity contribution < 1.29 is 32.3 Å². The molecule has 1 aromatic rings. The fourth-order valence-electron chi connectivity index (χ4n) is 2.30. The predicted octanol–water partition coefficient (Wildman–Crippen LogP) is 1.19. The molecule has 1 N–H and O–H groups in total. The van der Waals surface area contributed by atoms with E-state index in [1.807, 2.05) is 0 Å². The molecule has 4 amide bonds. The van der Waals surface area contributed by atoms with E-state index in [1.54, 1.807) is 0 Å². The summed E-state index contributed by atoms with van der Waals surface area (Å²) < 4.78 is 36.7. The number of halogens is 2. The van der Waals surface area contributed by atoms with Crippen molar-refractivity contribution in [2.24, 2.45) is 0 Å². The molecule has 0 saturated carbocycles. The molecular formula is C13H13ClFN3O6S. The average Bonchev–Trinajstić information content (AvgIpc) is 2.86. The van der Waals surface area contributed by atoms with Gasteiger partial charge in [-0.1, -0.05) is 11.6 Å². The number of amides is 4. The highest BCUT2D eigenvalue weighted by Gasteiger charge is 2.49. The van der Waals surface area contributed by atoms with Gasteiger partial charge >= 0.3 is 12.1 Å². The molecule has 1 saturated heterocycles. The Labute approximate surface area is 147 Å². The van der Waals surface area contributed by atoms with Gasteiger partial charge in [-0.2, -0.15) is 0 Å². The van der Waals surface area contributed by atoms with E-state index in [-0.39, 0.29) is 15.6 Å². The summed E-state index contributed by atoms with van der Waals surface area (Å²) in [5.74, 6) is -1.58. The van der Waals surface area contributed by atoms with Crippen LogP contribution in [0.1, 0.15) is 0 Å². The van der Waals surface area contributed by atoms with Crippen LogP contribution in [0.3, 0.4) is 0 Å². The van der Waals surface area contributed by atoms with Crippen LogP contribution in [0.4, 0.5) is 19.7 Å². The van der Waals surface area contributed by atoms with Gasteiger partial charge in [0.25, 0.3) is 5.91 Å². The Morgan fingerprint density at radius 3 is 2.48 bits per heavy atom. The van der Waals surface area contributed by atoms with Gasteiger partial charge in [0.05, 0.1) is 17.8 Å². The zero-order chi connectivity index (χ0) is 19.1. The quantitative estimate of drug-likeness (QED) is 0.824. The fraction of sp³-hybridized carbons (Fsp3) is 0.308. The third kappa shape index (κ3) is 3.51. The highest BCUT2D eigenvalue weighted by molar-refractivity contribution is 7.88. The molecule has 12 heteroatoms. The smallest absolute Gasteiger partial charge is 0.416 e. The largest absolute Gasteiger partial charge is 0.465 e. The first-order valence-electron chi connectivity index (χ1n) is 6.71. The van der Waals surface area contributed by atoms with Crippen LogP contribution in [0.2, 0.25) is 5.02 Å². The van der Waals surface area contributed by atoms with Crippen LogP contribution in [0.15, 0.2) is 18.2 Å². The van der Waals surface area contributed by atoms with Gasteiger partial charge in [0, 0.05) is 12.7 Å². The summed E-state index contributed by atoms with van der Waals surface area (Å²) in [5, 5.41) is 8.90. The van der Waals surface area contributed by atoms with Gasteiger partial charge < -0.3 is 10.0 Å². The Balaban J connectivity index is 2.37. The van der Waals surface area contributed by atoms with Crippen molar-refractivity contribution in [3.8, 4) is 0 Å². The molecule has 0 aliphatic carbocycles. The van der Waals surface area contributed by atoms with Crippen molar-refractivity contribution in [1.82, 2.24) is 9.21 Å². The summed E-state index contributed by atoms with van der Waals surface area (Å²) in [5.41, 5.74) is 0.145. The first-order chi connectivity index (χ1) is 11.4. The van der Waals surface area contributed by atoms with Gasteiger partial charge in [0.15, 0.2) is 0 Å². The molecule has 1 aromatic carbocycles. The predicted molar refractivity (Wildman–Crippen MR) is 85.4 cm³/mol. The fourth-order valence-corrected chi connectivity index (χ4v) is 3.25. The number of rotatable bonds is 3. The van der Waals surface area contributed by atoms with E-state index in [2.05, 4.69) is 0 Å². The van der Waals surface area contributed by atoms with Gasteiger partial charge in [-0.3, -0.25) is 4.79 Å². The summed E-state index contributed by atoms with van der Waals surface area (Å²) in [6.07, 6.45) is -1.04. The summed E-state index contributed by atoms with van der Waals surface area (Å²) in [7, 11) is -2.79. The van der Waals surface area contributed by atoms with Crippen LogP contribution in [0, 0.1) is 5.82 Å². The van der Waals surface area contributed by atoms with Gasteiger partial charge in [-0.25, -0.2) is 31.6 Å². The molecule has 0 spiro atoms. The number of benzene rings is 1. The monoisotopic (exact) mass is 393 g/mol. The molecule has 1 fully saturated rings. The summed E-state index contributed by atoms with van der Waals surface area (Å²) in [4.78, 5) is 37.0. The van der Waals surface area contributed by atoms with Crippen molar-refractivity contribution >= 4 is 45.3 Å². The Morgan fingerprint density at radius 1 is 1.40 bits per heavy atom. The second-order valence-corrected chi connectivity index (χ2v) is 7.55. The van der Waals surface area contributed by atoms with Crippen molar-refractivity contribution in [3.05, 3.63) is 29.0 Å². The zero-order valence-corrected chi connectivity index (χ0v) is 14.6. The van der Waals surface area contributed by atoms with Crippen LogP contribution in [0.25, 0.3) is 0 Å². The number of carbonyl (C=O) groups is 3. The molecule has 1 aliphatic heterocycles. The lowest BCUT2D eigenvalue weighted by atomic mass is 10.2. The van der Waals surface area contributed by atoms with Crippen molar-refractivity contribution in [2.45, 2.75) is 6.04 Å². The van der Waals surface area contributed by atoms with Crippen molar-refractivity contribution in [3.63, 3.8) is 0 Å². The molecule has 0 unspecified atom stereocenters. The van der Waals surface area contributed by atoms with Crippen LogP contribution in [-0.4, -0.2) is 66.7 Å². The van der Waals surface area contributed by atoms with Crippen molar-refractivity contribution in [2.75, 3.05) is 24.7 Å². The summed E-state index contributed by atoms with van der Waals surface area (Å²) >= 11 is 5.65. The van der Waals surface area contributed by atoms with E-state index in [1.165, 1.54) is 13.1 Å². The normalized spacial score (nSPS) is 17.8. The number of carbonyl (C=O) groups excluding carboxylic acids is 2. The van der Waals surface area contributed by atoms with Gasteiger partial charge in [-0.15, -0.1) is 0 Å². The van der Waals surface area contributed by atoms with Crippen LogP contribution in [0.5, 0.6) is 0 Å². The number of imide groups is 1. The lowest BCUT2D eigenvalue weighted by molar-refractivity contribution is -0.121. The first kappa shape index (κ1) is 18.9. The molecule has 9 nitrogen and oxygen atoms in total. The molecule has 1 heterocycles. The minimum absolute atomic E-state index is 0.144. The number of hydrogen-bond acceptors (Lipinski definition) is 5. The summed E-state index contributed by atoms with van der Waals surface area (Å²) in [6, 6.07) is 0.478. The highest BCUT2D eigenvalue weighted by atomic mass is 35.5. The third-order valence-electron chi connectivity index (χ3n) is 3.58.